The molecule has 0 fully saturated rings. The van der Waals surface area contributed by atoms with Gasteiger partial charge in [0.15, 0.2) is 12.1 Å². The average Bonchev–Trinajstić information content (AvgIpc) is 3.05. The molecule has 0 bridgehead atoms. The third kappa shape index (κ3) is 32.4. The van der Waals surface area contributed by atoms with Crippen LogP contribution in [0.1, 0.15) is 91.6 Å². The first-order valence-electron chi connectivity index (χ1n) is 16.5. The Kier molecular flexibility index (Phi) is 29.2. The van der Waals surface area contributed by atoms with E-state index in [0.29, 0.717) is 19.4 Å². The van der Waals surface area contributed by atoms with Gasteiger partial charge in [0, 0.05) is 44.3 Å². The predicted octanol–water partition coefficient (Wildman–Crippen LogP) is 9.23. The highest BCUT2D eigenvalue weighted by Gasteiger charge is 2.20. The Morgan fingerprint density at radius 2 is 1.12 bits per heavy atom. The summed E-state index contributed by atoms with van der Waals surface area (Å²) in [6, 6.07) is 18.1. The van der Waals surface area contributed by atoms with Crippen LogP contribution in [-0.2, 0) is 28.4 Å². The molecule has 296 valence electrons. The lowest BCUT2D eigenvalue weighted by Crippen LogP contribution is -2.33. The number of ether oxygens (including phenoxy) is 6. The highest BCUT2D eigenvalue weighted by Crippen LogP contribution is 2.21. The number of aliphatic hydroxyl groups excluding tert-OH is 1. The van der Waals surface area contributed by atoms with Crippen LogP contribution >= 0.6 is 34.8 Å². The van der Waals surface area contributed by atoms with Gasteiger partial charge in [0.1, 0.15) is 17.3 Å². The van der Waals surface area contributed by atoms with Crippen molar-refractivity contribution < 1.29 is 52.7 Å². The second-order valence-corrected chi connectivity index (χ2v) is 12.9. The van der Waals surface area contributed by atoms with Gasteiger partial charge >= 0.3 is 23.8 Å². The Hall–Kier alpha value is -3.49. The molecular formula is C36H55Cl3N2O11. The number of alkyl halides is 2. The first-order chi connectivity index (χ1) is 24.4. The highest BCUT2D eigenvalue weighted by atomic mass is 35.5. The minimum absolute atomic E-state index is 0.178. The lowest BCUT2D eigenvalue weighted by molar-refractivity contribution is 0.0281. The van der Waals surface area contributed by atoms with Crippen molar-refractivity contribution >= 4 is 58.6 Å². The predicted molar refractivity (Wildman–Crippen MR) is 202 cm³/mol. The number of aliphatic hydroxyl groups is 1. The summed E-state index contributed by atoms with van der Waals surface area (Å²) in [5.41, 5.74) is -0.287. The number of halogens is 3. The molecule has 0 spiro atoms. The summed E-state index contributed by atoms with van der Waals surface area (Å²) in [5, 5.41) is 15.1. The van der Waals surface area contributed by atoms with Crippen LogP contribution in [0, 0.1) is 0 Å². The van der Waals surface area contributed by atoms with E-state index in [4.69, 9.17) is 42.1 Å². The van der Waals surface area contributed by atoms with Gasteiger partial charge in [-0.3, -0.25) is 0 Å². The Balaban J connectivity index is 0. The minimum Gasteiger partial charge on any atom is -0.444 e. The maximum Gasteiger partial charge on any atom is 0.510 e. The van der Waals surface area contributed by atoms with Crippen LogP contribution in [0.15, 0.2) is 60.7 Å². The maximum atomic E-state index is 11.6. The fraction of sp³-hybridized carbons (Fsp3) is 0.556. The maximum absolute atomic E-state index is 11.6. The number of carbonyl (C=O) groups excluding carboxylic acids is 4. The lowest BCUT2D eigenvalue weighted by atomic mass is 10.1. The van der Waals surface area contributed by atoms with E-state index in [9.17, 15) is 24.3 Å². The van der Waals surface area contributed by atoms with Crippen molar-refractivity contribution in [1.29, 1.82) is 0 Å². The zero-order chi connectivity index (χ0) is 40.0. The van der Waals surface area contributed by atoms with Crippen LogP contribution in [-0.4, -0.2) is 78.5 Å². The number of hydrogen-bond donors (Lipinski definition) is 3. The van der Waals surface area contributed by atoms with Gasteiger partial charge in [-0.25, -0.2) is 19.2 Å². The molecule has 0 radical (unpaired) electrons. The molecule has 13 nitrogen and oxygen atoms in total. The largest absolute Gasteiger partial charge is 0.510 e. The summed E-state index contributed by atoms with van der Waals surface area (Å²) in [7, 11) is 0. The quantitative estimate of drug-likeness (QED) is 0.0765. The van der Waals surface area contributed by atoms with Crippen molar-refractivity contribution in [3.8, 4) is 0 Å². The van der Waals surface area contributed by atoms with E-state index >= 15 is 0 Å². The topological polar surface area (TPSA) is 168 Å². The Morgan fingerprint density at radius 3 is 1.46 bits per heavy atom. The number of carbonyl (C=O) groups is 4. The number of amides is 2. The molecule has 0 aliphatic rings. The fourth-order valence-corrected chi connectivity index (χ4v) is 3.79. The van der Waals surface area contributed by atoms with Crippen molar-refractivity contribution in [2.24, 2.45) is 0 Å². The zero-order valence-electron chi connectivity index (χ0n) is 31.2. The summed E-state index contributed by atoms with van der Waals surface area (Å²) in [6.45, 7) is 17.1. The van der Waals surface area contributed by atoms with E-state index in [1.165, 1.54) is 0 Å². The molecule has 2 atom stereocenters. The van der Waals surface area contributed by atoms with Crippen LogP contribution in [0.4, 0.5) is 19.2 Å². The molecule has 2 aromatic rings. The summed E-state index contributed by atoms with van der Waals surface area (Å²) in [5.74, 6) is 0. The molecule has 2 amide bonds. The van der Waals surface area contributed by atoms with Gasteiger partial charge < -0.3 is 44.2 Å². The van der Waals surface area contributed by atoms with Gasteiger partial charge in [-0.05, 0) is 72.9 Å². The third-order valence-electron chi connectivity index (χ3n) is 5.50. The van der Waals surface area contributed by atoms with Crippen LogP contribution < -0.4 is 10.6 Å². The zero-order valence-corrected chi connectivity index (χ0v) is 33.5. The molecular weight excluding hydrogens is 743 g/mol. The lowest BCUT2D eigenvalue weighted by Gasteiger charge is -2.21. The number of hydrogen-bond acceptors (Lipinski definition) is 11. The van der Waals surface area contributed by atoms with Crippen LogP contribution in [0.5, 0.6) is 0 Å². The van der Waals surface area contributed by atoms with Gasteiger partial charge in [-0.1, -0.05) is 83.9 Å². The van der Waals surface area contributed by atoms with Crippen molar-refractivity contribution in [2.75, 3.05) is 38.4 Å². The second-order valence-electron chi connectivity index (χ2n) is 12.2. The molecule has 0 saturated heterocycles. The SMILES string of the molecule is CC(C)(C)OC(=O)NCCC(O)c1ccccc1.CC(C)(C)OC(=O)NCCC(OC(=O)OCCl)c1ccccc1.CCOCC.O=C(Cl)OCCl. The van der Waals surface area contributed by atoms with Crippen molar-refractivity contribution in [2.45, 2.75) is 91.6 Å². The smallest absolute Gasteiger partial charge is 0.444 e. The number of alkyl carbamates (subject to hydrolysis) is 2. The standard InChI is InChI=1S/C16H22ClNO5.C14H21NO3.C4H10O.C2H2Cl2O2/c1-16(2,3)23-14(19)18-10-9-13(22-15(20)21-11-17)12-7-5-4-6-8-12;1-14(2,3)18-13(17)15-10-9-12(16)11-7-5-4-6-8-11;1-3-5-4-2;3-1-6-2(4)5/h4-8,13H,9-11H2,1-3H3,(H,18,19);4-8,12,16H,9-10H2,1-3H3,(H,15,17);3-4H2,1-2H3;1H2. The third-order valence-corrected chi connectivity index (χ3v) is 5.83. The van der Waals surface area contributed by atoms with E-state index in [2.05, 4.69) is 31.7 Å². The number of nitrogens with one attached hydrogen (secondary N) is 2. The van der Waals surface area contributed by atoms with Crippen LogP contribution in [0.25, 0.3) is 0 Å². The number of benzene rings is 2. The molecule has 0 saturated carbocycles. The molecule has 0 aromatic heterocycles. The van der Waals surface area contributed by atoms with Crippen molar-refractivity contribution in [3.63, 3.8) is 0 Å². The summed E-state index contributed by atoms with van der Waals surface area (Å²) in [6.07, 6.45) is -2.12. The van der Waals surface area contributed by atoms with Crippen molar-refractivity contribution in [1.82, 2.24) is 10.6 Å². The Bertz CT molecular complexity index is 1230. The molecule has 16 heteroatoms. The minimum atomic E-state index is -0.870. The van der Waals surface area contributed by atoms with Gasteiger partial charge in [0.2, 0.25) is 0 Å². The first-order valence-corrected chi connectivity index (χ1v) is 17.9. The fourth-order valence-electron chi connectivity index (χ4n) is 3.49. The van der Waals surface area contributed by atoms with E-state index in [-0.39, 0.29) is 18.7 Å². The molecule has 2 unspecified atom stereocenters. The average molecular weight is 798 g/mol. The van der Waals surface area contributed by atoms with E-state index in [1.807, 2.05) is 95.3 Å². The molecule has 52 heavy (non-hydrogen) atoms. The summed E-state index contributed by atoms with van der Waals surface area (Å²) < 4.78 is 28.8. The molecule has 2 rings (SSSR count). The Labute approximate surface area is 322 Å². The molecule has 0 heterocycles. The molecule has 2 aromatic carbocycles. The van der Waals surface area contributed by atoms with Crippen molar-refractivity contribution in [3.05, 3.63) is 71.8 Å². The van der Waals surface area contributed by atoms with E-state index in [0.717, 1.165) is 24.3 Å². The van der Waals surface area contributed by atoms with E-state index < -0.39 is 47.2 Å². The van der Waals surface area contributed by atoms with Gasteiger partial charge in [0.25, 0.3) is 0 Å². The molecule has 0 aliphatic heterocycles. The molecule has 0 aliphatic carbocycles. The Morgan fingerprint density at radius 1 is 0.692 bits per heavy atom. The van der Waals surface area contributed by atoms with Gasteiger partial charge in [-0.2, -0.15) is 0 Å². The van der Waals surface area contributed by atoms with Gasteiger partial charge in [0.05, 0.1) is 6.10 Å². The molecule has 3 N–H and O–H groups in total. The number of rotatable bonds is 13. The summed E-state index contributed by atoms with van der Waals surface area (Å²) in [4.78, 5) is 44.0. The van der Waals surface area contributed by atoms with Gasteiger partial charge in [-0.15, -0.1) is 0 Å². The highest BCUT2D eigenvalue weighted by molar-refractivity contribution is 6.61. The van der Waals surface area contributed by atoms with E-state index in [1.54, 1.807) is 20.8 Å². The second kappa shape index (κ2) is 30.0. The first kappa shape index (κ1) is 50.6. The van der Waals surface area contributed by atoms with Crippen LogP contribution in [0.3, 0.4) is 0 Å². The summed E-state index contributed by atoms with van der Waals surface area (Å²) >= 11 is 14.8. The monoisotopic (exact) mass is 796 g/mol. The van der Waals surface area contributed by atoms with Crippen LogP contribution in [0.2, 0.25) is 0 Å². The normalized spacial score (nSPS) is 11.5.